The molecule has 1 heterocycles. The summed E-state index contributed by atoms with van der Waals surface area (Å²) in [6.07, 6.45) is 4.66. The second kappa shape index (κ2) is 7.53. The number of unbranched alkanes of at least 4 members (excludes halogenated alkanes) is 2. The number of anilines is 1. The third-order valence-corrected chi connectivity index (χ3v) is 4.73. The Balaban J connectivity index is 2.93. The number of nitrogens with zero attached hydrogens (tertiary/aromatic N) is 1. The van der Waals surface area contributed by atoms with Gasteiger partial charge in [-0.2, -0.15) is 0 Å². The highest BCUT2D eigenvalue weighted by molar-refractivity contribution is 7.16. The largest absolute Gasteiger partial charge is 0.390 e. The van der Waals surface area contributed by atoms with Gasteiger partial charge in [0.05, 0.1) is 10.6 Å². The predicted octanol–water partition coefficient (Wildman–Crippen LogP) is 3.85. The molecule has 0 saturated carbocycles. The van der Waals surface area contributed by atoms with E-state index in [1.165, 1.54) is 24.1 Å². The number of hydrogen-bond donors (Lipinski definition) is 1. The molecular weight excluding hydrogens is 256 g/mol. The van der Waals surface area contributed by atoms with Crippen molar-refractivity contribution in [2.75, 3.05) is 18.8 Å². The molecular formula is C15H26N2OS. The third-order valence-electron chi connectivity index (χ3n) is 3.54. The molecule has 0 aliphatic carbocycles. The van der Waals surface area contributed by atoms with Crippen LogP contribution in [-0.2, 0) is 6.42 Å². The van der Waals surface area contributed by atoms with Crippen LogP contribution in [0.25, 0.3) is 0 Å². The monoisotopic (exact) mass is 282 g/mol. The van der Waals surface area contributed by atoms with Gasteiger partial charge in [0.1, 0.15) is 0 Å². The first-order chi connectivity index (χ1) is 9.06. The minimum atomic E-state index is 0.0815. The number of nitrogen functional groups attached to an aromatic ring is 1. The van der Waals surface area contributed by atoms with E-state index in [0.29, 0.717) is 5.00 Å². The number of hydrogen-bond acceptors (Lipinski definition) is 3. The fourth-order valence-corrected chi connectivity index (χ4v) is 3.40. The van der Waals surface area contributed by atoms with Crippen molar-refractivity contribution >= 4 is 22.2 Å². The molecule has 3 nitrogen and oxygen atoms in total. The molecule has 4 heteroatoms. The summed E-state index contributed by atoms with van der Waals surface area (Å²) in [5.41, 5.74) is 7.89. The topological polar surface area (TPSA) is 46.3 Å². The summed E-state index contributed by atoms with van der Waals surface area (Å²) in [6.45, 7) is 9.70. The minimum absolute atomic E-state index is 0.0815. The van der Waals surface area contributed by atoms with Crippen molar-refractivity contribution in [1.82, 2.24) is 4.90 Å². The van der Waals surface area contributed by atoms with Crippen LogP contribution >= 0.6 is 11.3 Å². The van der Waals surface area contributed by atoms with Gasteiger partial charge in [0, 0.05) is 18.0 Å². The van der Waals surface area contributed by atoms with Crippen LogP contribution in [0.15, 0.2) is 0 Å². The molecule has 1 aromatic rings. The summed E-state index contributed by atoms with van der Waals surface area (Å²) in [5.74, 6) is 0.0815. The number of amides is 1. The molecule has 0 saturated heterocycles. The number of aryl methyl sites for hydroxylation is 1. The lowest BCUT2D eigenvalue weighted by Gasteiger charge is -2.19. The molecule has 0 atom stereocenters. The molecule has 1 aromatic heterocycles. The van der Waals surface area contributed by atoms with Crippen molar-refractivity contribution in [1.29, 1.82) is 0 Å². The van der Waals surface area contributed by atoms with Gasteiger partial charge >= 0.3 is 0 Å². The van der Waals surface area contributed by atoms with Gasteiger partial charge in [-0.15, -0.1) is 11.3 Å². The van der Waals surface area contributed by atoms with Crippen LogP contribution in [0.3, 0.4) is 0 Å². The first-order valence-corrected chi connectivity index (χ1v) is 8.05. The Bertz CT molecular complexity index is 422. The molecule has 0 spiro atoms. The van der Waals surface area contributed by atoms with Crippen LogP contribution in [0.5, 0.6) is 0 Å². The van der Waals surface area contributed by atoms with Gasteiger partial charge in [0.25, 0.3) is 5.91 Å². The predicted molar refractivity (Wildman–Crippen MR) is 83.9 cm³/mol. The van der Waals surface area contributed by atoms with Crippen LogP contribution in [0.1, 0.15) is 60.8 Å². The quantitative estimate of drug-likeness (QED) is 0.772. The third kappa shape index (κ3) is 3.72. The number of carbonyl (C=O) groups excluding carboxylic acids is 1. The van der Waals surface area contributed by atoms with Crippen LogP contribution in [0.2, 0.25) is 0 Å². The fourth-order valence-electron chi connectivity index (χ4n) is 2.29. The van der Waals surface area contributed by atoms with Gasteiger partial charge in [-0.05, 0) is 39.2 Å². The summed E-state index contributed by atoms with van der Waals surface area (Å²) < 4.78 is 0. The van der Waals surface area contributed by atoms with E-state index in [2.05, 4.69) is 6.92 Å². The maximum atomic E-state index is 12.4. The van der Waals surface area contributed by atoms with E-state index < -0.39 is 0 Å². The summed E-state index contributed by atoms with van der Waals surface area (Å²) in [4.78, 5) is 15.6. The lowest BCUT2D eigenvalue weighted by Crippen LogP contribution is -2.31. The van der Waals surface area contributed by atoms with Crippen molar-refractivity contribution in [3.63, 3.8) is 0 Å². The molecule has 0 aromatic carbocycles. The highest BCUT2D eigenvalue weighted by Gasteiger charge is 2.22. The number of carbonyl (C=O) groups is 1. The first kappa shape index (κ1) is 16.0. The molecule has 19 heavy (non-hydrogen) atoms. The second-order valence-corrected chi connectivity index (χ2v) is 5.96. The van der Waals surface area contributed by atoms with Crippen molar-refractivity contribution in [3.05, 3.63) is 16.0 Å². The second-order valence-electron chi connectivity index (χ2n) is 4.82. The highest BCUT2D eigenvalue weighted by atomic mass is 32.1. The zero-order valence-corrected chi connectivity index (χ0v) is 13.4. The normalized spacial score (nSPS) is 10.7. The smallest absolute Gasteiger partial charge is 0.257 e. The van der Waals surface area contributed by atoms with Gasteiger partial charge in [-0.3, -0.25) is 4.79 Å². The Morgan fingerprint density at radius 3 is 2.37 bits per heavy atom. The molecule has 0 unspecified atom stereocenters. The lowest BCUT2D eigenvalue weighted by molar-refractivity contribution is 0.0773. The lowest BCUT2D eigenvalue weighted by atomic mass is 10.1. The Hall–Kier alpha value is -1.03. The summed E-state index contributed by atoms with van der Waals surface area (Å²) in [5, 5.41) is 0.681. The Labute approximate surface area is 120 Å². The molecule has 0 radical (unpaired) electrons. The molecule has 0 fully saturated rings. The van der Waals surface area contributed by atoms with Gasteiger partial charge in [-0.25, -0.2) is 0 Å². The van der Waals surface area contributed by atoms with Gasteiger partial charge in [0.15, 0.2) is 0 Å². The van der Waals surface area contributed by atoms with E-state index in [-0.39, 0.29) is 5.91 Å². The maximum absolute atomic E-state index is 12.4. The van der Waals surface area contributed by atoms with E-state index >= 15 is 0 Å². The Morgan fingerprint density at radius 1 is 1.21 bits per heavy atom. The van der Waals surface area contributed by atoms with E-state index in [1.54, 1.807) is 11.3 Å². The van der Waals surface area contributed by atoms with Gasteiger partial charge < -0.3 is 10.6 Å². The molecule has 2 N–H and O–H groups in total. The average Bonchev–Trinajstić information content (AvgIpc) is 2.66. The number of nitrogens with two attached hydrogens (primary N) is 1. The van der Waals surface area contributed by atoms with E-state index in [4.69, 9.17) is 5.73 Å². The van der Waals surface area contributed by atoms with Crippen LogP contribution in [-0.4, -0.2) is 23.9 Å². The Kier molecular flexibility index (Phi) is 6.35. The van der Waals surface area contributed by atoms with Crippen molar-refractivity contribution < 1.29 is 4.79 Å². The number of thiophene rings is 1. The summed E-state index contributed by atoms with van der Waals surface area (Å²) >= 11 is 1.59. The fraction of sp³-hybridized carbons (Fsp3) is 0.667. The van der Waals surface area contributed by atoms with Crippen molar-refractivity contribution in [2.24, 2.45) is 0 Å². The van der Waals surface area contributed by atoms with E-state index in [0.717, 1.165) is 30.6 Å². The molecule has 0 aliphatic heterocycles. The maximum Gasteiger partial charge on any atom is 0.257 e. The SMILES string of the molecule is CCCCCc1sc(N)c(C(=O)N(CC)CC)c1C. The van der Waals surface area contributed by atoms with E-state index in [9.17, 15) is 4.79 Å². The average molecular weight is 282 g/mol. The molecule has 108 valence electrons. The molecule has 1 amide bonds. The van der Waals surface area contributed by atoms with Crippen molar-refractivity contribution in [2.45, 2.75) is 53.4 Å². The van der Waals surface area contributed by atoms with Gasteiger partial charge in [-0.1, -0.05) is 19.8 Å². The van der Waals surface area contributed by atoms with Crippen LogP contribution in [0, 0.1) is 6.92 Å². The van der Waals surface area contributed by atoms with E-state index in [1.807, 2.05) is 25.7 Å². The molecule has 1 rings (SSSR count). The summed E-state index contributed by atoms with van der Waals surface area (Å²) in [7, 11) is 0. The van der Waals surface area contributed by atoms with Crippen LogP contribution < -0.4 is 5.73 Å². The van der Waals surface area contributed by atoms with Gasteiger partial charge in [0.2, 0.25) is 0 Å². The summed E-state index contributed by atoms with van der Waals surface area (Å²) in [6, 6.07) is 0. The first-order valence-electron chi connectivity index (χ1n) is 7.23. The number of rotatable bonds is 7. The van der Waals surface area contributed by atoms with Crippen LogP contribution in [0.4, 0.5) is 5.00 Å². The highest BCUT2D eigenvalue weighted by Crippen LogP contribution is 2.32. The molecule has 0 aliphatic rings. The zero-order valence-electron chi connectivity index (χ0n) is 12.6. The standard InChI is InChI=1S/C15H26N2OS/c1-5-8-9-10-12-11(4)13(14(16)19-12)15(18)17(6-2)7-3/h5-10,16H2,1-4H3. The van der Waals surface area contributed by atoms with Crippen molar-refractivity contribution in [3.8, 4) is 0 Å². The molecule has 0 bridgehead atoms. The Morgan fingerprint density at radius 2 is 1.84 bits per heavy atom. The zero-order chi connectivity index (χ0) is 14.4. The minimum Gasteiger partial charge on any atom is -0.390 e.